The van der Waals surface area contributed by atoms with Gasteiger partial charge in [0.2, 0.25) is 0 Å². The maximum atomic E-state index is 13.2. The molecule has 0 spiro atoms. The molecule has 3 N–H and O–H groups in total. The first-order valence-corrected chi connectivity index (χ1v) is 7.91. The van der Waals surface area contributed by atoms with Crippen molar-refractivity contribution in [2.24, 2.45) is 11.7 Å². The number of hydrogen-bond donors (Lipinski definition) is 2. The fourth-order valence-corrected chi connectivity index (χ4v) is 2.88. The van der Waals surface area contributed by atoms with Gasteiger partial charge in [0, 0.05) is 41.0 Å². The quantitative estimate of drug-likeness (QED) is 0.721. The minimum Gasteiger partial charge on any atom is -0.401 e. The van der Waals surface area contributed by atoms with Crippen molar-refractivity contribution in [3.63, 3.8) is 0 Å². The highest BCUT2D eigenvalue weighted by Gasteiger charge is 2.28. The van der Waals surface area contributed by atoms with Crippen LogP contribution in [0.15, 0.2) is 60.7 Å². The molecule has 24 heavy (non-hydrogen) atoms. The Hall–Kier alpha value is -2.95. The molecule has 0 saturated heterocycles. The molecule has 4 rings (SSSR count). The summed E-state index contributed by atoms with van der Waals surface area (Å²) in [5.74, 6) is 0.0198. The van der Waals surface area contributed by atoms with Crippen LogP contribution in [0.2, 0.25) is 0 Å². The SMILES string of the molecule is N=C(/C(=C(\N)C1CC1)c1ccc2nccn2c1)c1ccc(F)cc1. The van der Waals surface area contributed by atoms with Gasteiger partial charge in [0.1, 0.15) is 11.5 Å². The topological polar surface area (TPSA) is 67.2 Å². The predicted octanol–water partition coefficient (Wildman–Crippen LogP) is 3.62. The Bertz CT molecular complexity index is 949. The van der Waals surface area contributed by atoms with Crippen LogP contribution in [0.3, 0.4) is 0 Å². The smallest absolute Gasteiger partial charge is 0.136 e. The van der Waals surface area contributed by atoms with Crippen molar-refractivity contribution < 1.29 is 4.39 Å². The Morgan fingerprint density at radius 1 is 1.12 bits per heavy atom. The van der Waals surface area contributed by atoms with E-state index in [1.54, 1.807) is 18.3 Å². The molecule has 5 heteroatoms. The lowest BCUT2D eigenvalue weighted by molar-refractivity contribution is 0.628. The van der Waals surface area contributed by atoms with Gasteiger partial charge in [-0.05, 0) is 55.2 Å². The van der Waals surface area contributed by atoms with Crippen LogP contribution in [0.25, 0.3) is 11.2 Å². The maximum absolute atomic E-state index is 13.2. The summed E-state index contributed by atoms with van der Waals surface area (Å²) in [5.41, 5.74) is 10.5. The molecule has 3 aromatic rings. The van der Waals surface area contributed by atoms with Gasteiger partial charge >= 0.3 is 0 Å². The zero-order chi connectivity index (χ0) is 16.7. The fourth-order valence-electron chi connectivity index (χ4n) is 2.88. The zero-order valence-electron chi connectivity index (χ0n) is 13.0. The zero-order valence-corrected chi connectivity index (χ0v) is 13.0. The van der Waals surface area contributed by atoms with Gasteiger partial charge in [-0.15, -0.1) is 0 Å². The second-order valence-electron chi connectivity index (χ2n) is 6.10. The van der Waals surface area contributed by atoms with Crippen LogP contribution in [0.1, 0.15) is 24.0 Å². The number of nitrogens with one attached hydrogen (secondary N) is 1. The molecule has 0 bridgehead atoms. The first-order valence-electron chi connectivity index (χ1n) is 7.91. The van der Waals surface area contributed by atoms with Crippen molar-refractivity contribution in [3.8, 4) is 0 Å². The van der Waals surface area contributed by atoms with E-state index in [9.17, 15) is 4.39 Å². The van der Waals surface area contributed by atoms with Gasteiger partial charge in [0.15, 0.2) is 0 Å². The molecular formula is C19H17FN4. The van der Waals surface area contributed by atoms with Gasteiger partial charge in [0.25, 0.3) is 0 Å². The molecule has 2 aromatic heterocycles. The largest absolute Gasteiger partial charge is 0.401 e. The maximum Gasteiger partial charge on any atom is 0.136 e. The third-order valence-corrected chi connectivity index (χ3v) is 4.37. The molecule has 1 aliphatic carbocycles. The van der Waals surface area contributed by atoms with E-state index >= 15 is 0 Å². The molecule has 1 aromatic carbocycles. The summed E-state index contributed by atoms with van der Waals surface area (Å²) in [6.45, 7) is 0. The first kappa shape index (κ1) is 14.6. The minimum absolute atomic E-state index is 0.313. The number of allylic oxidation sites excluding steroid dienone is 2. The van der Waals surface area contributed by atoms with Crippen molar-refractivity contribution in [2.45, 2.75) is 12.8 Å². The lowest BCUT2D eigenvalue weighted by Gasteiger charge is -2.14. The third-order valence-electron chi connectivity index (χ3n) is 4.37. The van der Waals surface area contributed by atoms with Crippen LogP contribution >= 0.6 is 0 Å². The number of fused-ring (bicyclic) bond motifs is 1. The molecule has 0 atom stereocenters. The molecule has 1 saturated carbocycles. The van der Waals surface area contributed by atoms with Crippen molar-refractivity contribution in [1.82, 2.24) is 9.38 Å². The van der Waals surface area contributed by atoms with Crippen LogP contribution in [0.4, 0.5) is 4.39 Å². The van der Waals surface area contributed by atoms with E-state index in [0.717, 1.165) is 35.3 Å². The summed E-state index contributed by atoms with van der Waals surface area (Å²) in [6.07, 6.45) is 7.65. The Kier molecular flexibility index (Phi) is 3.41. The van der Waals surface area contributed by atoms with Crippen LogP contribution in [-0.4, -0.2) is 15.1 Å². The van der Waals surface area contributed by atoms with E-state index in [1.165, 1.54) is 12.1 Å². The molecule has 4 nitrogen and oxygen atoms in total. The highest BCUT2D eigenvalue weighted by atomic mass is 19.1. The van der Waals surface area contributed by atoms with E-state index < -0.39 is 0 Å². The second-order valence-corrected chi connectivity index (χ2v) is 6.10. The van der Waals surface area contributed by atoms with E-state index in [0.29, 0.717) is 17.2 Å². The van der Waals surface area contributed by atoms with Gasteiger partial charge in [0.05, 0.1) is 5.71 Å². The Morgan fingerprint density at radius 2 is 1.83 bits per heavy atom. The molecule has 0 unspecified atom stereocenters. The number of benzene rings is 1. The Balaban J connectivity index is 1.84. The lowest BCUT2D eigenvalue weighted by atomic mass is 9.94. The number of halogens is 1. The highest BCUT2D eigenvalue weighted by molar-refractivity contribution is 6.31. The molecule has 0 amide bonds. The van der Waals surface area contributed by atoms with E-state index in [4.69, 9.17) is 11.1 Å². The summed E-state index contributed by atoms with van der Waals surface area (Å²) in [4.78, 5) is 4.24. The van der Waals surface area contributed by atoms with Crippen LogP contribution in [0.5, 0.6) is 0 Å². The monoisotopic (exact) mass is 320 g/mol. The average molecular weight is 320 g/mol. The van der Waals surface area contributed by atoms with Crippen molar-refractivity contribution in [1.29, 1.82) is 5.41 Å². The number of aromatic nitrogens is 2. The van der Waals surface area contributed by atoms with E-state index in [2.05, 4.69) is 4.98 Å². The third kappa shape index (κ3) is 2.58. The van der Waals surface area contributed by atoms with Crippen molar-refractivity contribution >= 4 is 16.9 Å². The van der Waals surface area contributed by atoms with E-state index in [-0.39, 0.29) is 5.82 Å². The van der Waals surface area contributed by atoms with Gasteiger partial charge in [-0.3, -0.25) is 5.41 Å². The molecule has 1 fully saturated rings. The van der Waals surface area contributed by atoms with Gasteiger partial charge in [-0.1, -0.05) is 0 Å². The summed E-state index contributed by atoms with van der Waals surface area (Å²) in [6, 6.07) is 9.82. The number of imidazole rings is 1. The van der Waals surface area contributed by atoms with Crippen LogP contribution < -0.4 is 5.73 Å². The van der Waals surface area contributed by atoms with Crippen molar-refractivity contribution in [3.05, 3.63) is 77.6 Å². The molecule has 2 heterocycles. The number of hydrogen-bond acceptors (Lipinski definition) is 3. The molecule has 0 radical (unpaired) electrons. The predicted molar refractivity (Wildman–Crippen MR) is 92.3 cm³/mol. The molecule has 0 aliphatic heterocycles. The lowest BCUT2D eigenvalue weighted by Crippen LogP contribution is -2.13. The van der Waals surface area contributed by atoms with Crippen LogP contribution in [-0.2, 0) is 0 Å². The number of pyridine rings is 1. The Morgan fingerprint density at radius 3 is 2.54 bits per heavy atom. The average Bonchev–Trinajstić information content (AvgIpc) is 3.33. The summed E-state index contributed by atoms with van der Waals surface area (Å²) in [7, 11) is 0. The number of rotatable bonds is 4. The number of nitrogens with two attached hydrogens (primary N) is 1. The normalized spacial score (nSPS) is 15.4. The second kappa shape index (κ2) is 5.60. The van der Waals surface area contributed by atoms with Gasteiger partial charge in [-0.2, -0.15) is 0 Å². The molecule has 1 aliphatic rings. The minimum atomic E-state index is -0.313. The van der Waals surface area contributed by atoms with Crippen molar-refractivity contribution in [2.75, 3.05) is 0 Å². The molecule has 120 valence electrons. The summed E-state index contributed by atoms with van der Waals surface area (Å²) < 4.78 is 15.1. The molecular weight excluding hydrogens is 303 g/mol. The fraction of sp³-hybridized carbons (Fsp3) is 0.158. The standard InChI is InChI=1S/C19H17FN4/c20-15-6-3-13(4-7-15)19(22)17(18(21)12-1-2-12)14-5-8-16-23-9-10-24(16)11-14/h3-12,22H,1-2,21H2/b18-17-,22-19?. The summed E-state index contributed by atoms with van der Waals surface area (Å²) in [5, 5.41) is 8.63. The highest BCUT2D eigenvalue weighted by Crippen LogP contribution is 2.38. The summed E-state index contributed by atoms with van der Waals surface area (Å²) >= 11 is 0. The number of nitrogens with zero attached hydrogens (tertiary/aromatic N) is 2. The van der Waals surface area contributed by atoms with Gasteiger partial charge < -0.3 is 10.1 Å². The van der Waals surface area contributed by atoms with Gasteiger partial charge in [-0.25, -0.2) is 9.37 Å². The van der Waals surface area contributed by atoms with E-state index in [1.807, 2.05) is 28.9 Å². The van der Waals surface area contributed by atoms with Crippen LogP contribution in [0, 0.1) is 17.1 Å². The Labute approximate surface area is 139 Å². The first-order chi connectivity index (χ1) is 11.6.